The molecule has 0 aromatic heterocycles. The number of piperidine rings is 1. The molecule has 0 saturated carbocycles. The third kappa shape index (κ3) is 6.15. The Balaban J connectivity index is 1.58. The lowest BCUT2D eigenvalue weighted by atomic mass is 9.99. The maximum Gasteiger partial charge on any atom is 0.253 e. The van der Waals surface area contributed by atoms with E-state index in [-0.39, 0.29) is 11.7 Å². The normalized spacial score (nSPS) is 17.0. The molecule has 1 saturated heterocycles. The Bertz CT molecular complexity index is 956. The van der Waals surface area contributed by atoms with Gasteiger partial charge in [-0.3, -0.25) is 9.59 Å². The summed E-state index contributed by atoms with van der Waals surface area (Å²) in [4.78, 5) is 26.5. The largest absolute Gasteiger partial charge is 0.338 e. The van der Waals surface area contributed by atoms with Crippen LogP contribution in [0.4, 0.5) is 5.69 Å². The van der Waals surface area contributed by atoms with Gasteiger partial charge in [-0.15, -0.1) is 0 Å². The van der Waals surface area contributed by atoms with Crippen molar-refractivity contribution in [1.29, 1.82) is 0 Å². The fourth-order valence-electron chi connectivity index (χ4n) is 3.52. The number of likely N-dealkylation sites (tertiary alicyclic amines) is 1. The third-order valence-corrected chi connectivity index (χ3v) is 6.42. The Labute approximate surface area is 171 Å². The lowest BCUT2D eigenvalue weighted by Crippen LogP contribution is -2.39. The Morgan fingerprint density at radius 2 is 1.76 bits per heavy atom. The van der Waals surface area contributed by atoms with E-state index in [0.717, 1.165) is 25.9 Å². The average molecular weight is 415 g/mol. The van der Waals surface area contributed by atoms with Gasteiger partial charge < -0.3 is 10.2 Å². The lowest BCUT2D eigenvalue weighted by Gasteiger charge is -2.31. The summed E-state index contributed by atoms with van der Waals surface area (Å²) in [6, 6.07) is 15.3. The predicted molar refractivity (Wildman–Crippen MR) is 113 cm³/mol. The standard InChI is InChI=1S/C22H26N2O4S/c1-17-6-5-13-24(14-17)22(26)19-11-9-18(10-12-19)15-29(27,28)16-21(25)23-20-7-3-2-4-8-20/h2-4,7-12,17H,5-6,13-16H2,1H3,(H,23,25). The minimum Gasteiger partial charge on any atom is -0.338 e. The van der Waals surface area contributed by atoms with Crippen LogP contribution < -0.4 is 5.32 Å². The topological polar surface area (TPSA) is 83.6 Å². The Hall–Kier alpha value is -2.67. The molecule has 0 spiro atoms. The second-order valence-electron chi connectivity index (χ2n) is 7.64. The number of hydrogen-bond donors (Lipinski definition) is 1. The van der Waals surface area contributed by atoms with Crippen molar-refractivity contribution >= 4 is 27.3 Å². The molecule has 3 rings (SSSR count). The van der Waals surface area contributed by atoms with E-state index in [4.69, 9.17) is 0 Å². The highest BCUT2D eigenvalue weighted by molar-refractivity contribution is 7.91. The first-order chi connectivity index (χ1) is 13.8. The van der Waals surface area contributed by atoms with Crippen LogP contribution in [0.15, 0.2) is 54.6 Å². The predicted octanol–water partition coefficient (Wildman–Crippen LogP) is 3.11. The summed E-state index contributed by atoms with van der Waals surface area (Å²) >= 11 is 0. The number of nitrogens with one attached hydrogen (secondary N) is 1. The lowest BCUT2D eigenvalue weighted by molar-refractivity contribution is -0.113. The highest BCUT2D eigenvalue weighted by atomic mass is 32.2. The van der Waals surface area contributed by atoms with Crippen LogP contribution >= 0.6 is 0 Å². The number of carbonyl (C=O) groups excluding carboxylic acids is 2. The van der Waals surface area contributed by atoms with Gasteiger partial charge >= 0.3 is 0 Å². The van der Waals surface area contributed by atoms with E-state index in [9.17, 15) is 18.0 Å². The molecule has 1 heterocycles. The van der Waals surface area contributed by atoms with Crippen molar-refractivity contribution in [1.82, 2.24) is 4.90 Å². The summed E-state index contributed by atoms with van der Waals surface area (Å²) in [6.07, 6.45) is 2.15. The Kier molecular flexibility index (Phi) is 6.69. The fraction of sp³-hybridized carbons (Fsp3) is 0.364. The number of sulfone groups is 1. The monoisotopic (exact) mass is 414 g/mol. The molecule has 7 heteroatoms. The van der Waals surface area contributed by atoms with Crippen molar-refractivity contribution < 1.29 is 18.0 Å². The Morgan fingerprint density at radius 1 is 1.07 bits per heavy atom. The SMILES string of the molecule is CC1CCCN(C(=O)c2ccc(CS(=O)(=O)CC(=O)Nc3ccccc3)cc2)C1. The molecule has 1 N–H and O–H groups in total. The Morgan fingerprint density at radius 3 is 2.41 bits per heavy atom. The van der Waals surface area contributed by atoms with Gasteiger partial charge in [0.05, 0.1) is 5.75 Å². The second-order valence-corrected chi connectivity index (χ2v) is 9.71. The van der Waals surface area contributed by atoms with E-state index in [1.165, 1.54) is 0 Å². The molecule has 2 aromatic rings. The van der Waals surface area contributed by atoms with E-state index >= 15 is 0 Å². The molecule has 0 aliphatic carbocycles. The van der Waals surface area contributed by atoms with Gasteiger partial charge in [0.25, 0.3) is 5.91 Å². The number of anilines is 1. The van der Waals surface area contributed by atoms with Crippen molar-refractivity contribution in [3.05, 3.63) is 65.7 Å². The van der Waals surface area contributed by atoms with Crippen LogP contribution in [0.5, 0.6) is 0 Å². The third-order valence-electron chi connectivity index (χ3n) is 4.94. The molecule has 0 radical (unpaired) electrons. The van der Waals surface area contributed by atoms with Crippen LogP contribution in [0.25, 0.3) is 0 Å². The van der Waals surface area contributed by atoms with Crippen molar-refractivity contribution in [2.75, 3.05) is 24.2 Å². The van der Waals surface area contributed by atoms with Gasteiger partial charge in [-0.1, -0.05) is 37.3 Å². The number of carbonyl (C=O) groups is 2. The van der Waals surface area contributed by atoms with E-state index in [0.29, 0.717) is 22.7 Å². The number of nitrogens with zero attached hydrogens (tertiary/aromatic N) is 1. The van der Waals surface area contributed by atoms with Crippen molar-refractivity contribution in [3.8, 4) is 0 Å². The van der Waals surface area contributed by atoms with Crippen molar-refractivity contribution in [3.63, 3.8) is 0 Å². The molecule has 1 aliphatic rings. The van der Waals surface area contributed by atoms with Gasteiger partial charge in [-0.2, -0.15) is 0 Å². The number of rotatable bonds is 6. The zero-order valence-electron chi connectivity index (χ0n) is 16.5. The molecule has 1 aliphatic heterocycles. The van der Waals surface area contributed by atoms with E-state index in [2.05, 4.69) is 12.2 Å². The van der Waals surface area contributed by atoms with Crippen LogP contribution in [-0.4, -0.2) is 44.0 Å². The minimum atomic E-state index is -3.62. The van der Waals surface area contributed by atoms with Gasteiger partial charge in [-0.05, 0) is 48.6 Å². The molecule has 6 nitrogen and oxygen atoms in total. The molecule has 2 aromatic carbocycles. The second kappa shape index (κ2) is 9.22. The van der Waals surface area contributed by atoms with Crippen LogP contribution in [0.3, 0.4) is 0 Å². The zero-order chi connectivity index (χ0) is 20.9. The van der Waals surface area contributed by atoms with E-state index in [1.807, 2.05) is 11.0 Å². The summed E-state index contributed by atoms with van der Waals surface area (Å²) in [5.74, 6) is -0.923. The minimum absolute atomic E-state index is 0.0202. The number of para-hydroxylation sites is 1. The number of amides is 2. The summed E-state index contributed by atoms with van der Waals surface area (Å²) < 4.78 is 24.7. The molecule has 1 unspecified atom stereocenters. The van der Waals surface area contributed by atoms with Gasteiger partial charge in [0.2, 0.25) is 5.91 Å². The summed E-state index contributed by atoms with van der Waals surface area (Å²) in [5.41, 5.74) is 1.67. The van der Waals surface area contributed by atoms with Crippen LogP contribution in [0.2, 0.25) is 0 Å². The maximum absolute atomic E-state index is 12.6. The highest BCUT2D eigenvalue weighted by Gasteiger charge is 2.22. The van der Waals surface area contributed by atoms with Crippen LogP contribution in [0, 0.1) is 5.92 Å². The molecular weight excluding hydrogens is 388 g/mol. The summed E-state index contributed by atoms with van der Waals surface area (Å²) in [6.45, 7) is 3.66. The maximum atomic E-state index is 12.6. The fourth-order valence-corrected chi connectivity index (χ4v) is 4.80. The smallest absolute Gasteiger partial charge is 0.253 e. The van der Waals surface area contributed by atoms with E-state index < -0.39 is 21.5 Å². The zero-order valence-corrected chi connectivity index (χ0v) is 17.3. The molecule has 154 valence electrons. The summed E-state index contributed by atoms with van der Waals surface area (Å²) in [5, 5.41) is 2.58. The quantitative estimate of drug-likeness (QED) is 0.787. The average Bonchev–Trinajstić information content (AvgIpc) is 2.68. The molecule has 0 bridgehead atoms. The molecule has 29 heavy (non-hydrogen) atoms. The number of benzene rings is 2. The van der Waals surface area contributed by atoms with Gasteiger partial charge in [0.1, 0.15) is 5.75 Å². The molecule has 1 atom stereocenters. The molecule has 1 fully saturated rings. The first-order valence-electron chi connectivity index (χ1n) is 9.76. The first kappa shape index (κ1) is 21.0. The van der Waals surface area contributed by atoms with E-state index in [1.54, 1.807) is 48.5 Å². The number of hydrogen-bond acceptors (Lipinski definition) is 4. The van der Waals surface area contributed by atoms with Crippen LogP contribution in [0.1, 0.15) is 35.7 Å². The van der Waals surface area contributed by atoms with Crippen LogP contribution in [-0.2, 0) is 20.4 Å². The van der Waals surface area contributed by atoms with Gasteiger partial charge in [0.15, 0.2) is 9.84 Å². The first-order valence-corrected chi connectivity index (χ1v) is 11.6. The highest BCUT2D eigenvalue weighted by Crippen LogP contribution is 2.18. The van der Waals surface area contributed by atoms with Gasteiger partial charge in [0, 0.05) is 24.3 Å². The van der Waals surface area contributed by atoms with Crippen molar-refractivity contribution in [2.45, 2.75) is 25.5 Å². The van der Waals surface area contributed by atoms with Gasteiger partial charge in [-0.25, -0.2) is 8.42 Å². The van der Waals surface area contributed by atoms with Crippen molar-refractivity contribution in [2.24, 2.45) is 5.92 Å². The summed E-state index contributed by atoms with van der Waals surface area (Å²) in [7, 11) is -3.62. The molecule has 2 amide bonds. The molecular formula is C22H26N2O4S.